The number of aromatic hydroxyl groups is 1. The van der Waals surface area contributed by atoms with E-state index in [0.717, 1.165) is 5.56 Å². The van der Waals surface area contributed by atoms with E-state index in [1.165, 1.54) is 7.11 Å². The summed E-state index contributed by atoms with van der Waals surface area (Å²) in [6.45, 7) is 0. The van der Waals surface area contributed by atoms with Crippen LogP contribution < -0.4 is 19.9 Å². The minimum absolute atomic E-state index is 0.0501. The molecule has 2 heterocycles. The van der Waals surface area contributed by atoms with Crippen LogP contribution in [-0.2, 0) is 0 Å². The van der Waals surface area contributed by atoms with Crippen molar-refractivity contribution in [3.05, 3.63) is 64.0 Å². The zero-order chi connectivity index (χ0) is 21.4. The van der Waals surface area contributed by atoms with E-state index in [1.54, 1.807) is 19.2 Å². The molecule has 0 spiro atoms. The molecule has 1 aliphatic rings. The van der Waals surface area contributed by atoms with Gasteiger partial charge in [-0.2, -0.15) is 5.26 Å². The number of ether oxygens (including phenoxy) is 3. The molecule has 152 valence electrons. The van der Waals surface area contributed by atoms with Crippen molar-refractivity contribution in [2.45, 2.75) is 5.92 Å². The van der Waals surface area contributed by atoms with Crippen LogP contribution in [0.4, 0.5) is 0 Å². The fraction of sp³-hybridized carbons (Fsp3) is 0.143. The van der Waals surface area contributed by atoms with E-state index in [2.05, 4.69) is 16.3 Å². The maximum atomic E-state index is 10.1. The molecule has 0 amide bonds. The molecular formula is C21H17ClN4O4. The quantitative estimate of drug-likeness (QED) is 0.583. The van der Waals surface area contributed by atoms with E-state index in [4.69, 9.17) is 31.5 Å². The number of aromatic nitrogens is 2. The monoisotopic (exact) mass is 424 g/mol. The largest absolute Gasteiger partial charge is 0.503 e. The van der Waals surface area contributed by atoms with Gasteiger partial charge < -0.3 is 25.1 Å². The van der Waals surface area contributed by atoms with E-state index in [9.17, 15) is 10.4 Å². The van der Waals surface area contributed by atoms with Crippen LogP contribution in [0, 0.1) is 11.3 Å². The summed E-state index contributed by atoms with van der Waals surface area (Å²) < 4.78 is 16.0. The summed E-state index contributed by atoms with van der Waals surface area (Å²) in [5.74, 6) is 0.263. The van der Waals surface area contributed by atoms with Crippen molar-refractivity contribution in [2.24, 2.45) is 5.73 Å². The van der Waals surface area contributed by atoms with Gasteiger partial charge in [-0.05, 0) is 42.0 Å². The van der Waals surface area contributed by atoms with E-state index in [1.807, 2.05) is 24.3 Å². The van der Waals surface area contributed by atoms with Gasteiger partial charge in [-0.3, -0.25) is 5.10 Å². The normalized spacial score (nSPS) is 15.2. The lowest BCUT2D eigenvalue weighted by Gasteiger charge is -2.24. The van der Waals surface area contributed by atoms with Gasteiger partial charge in [0.25, 0.3) is 0 Å². The summed E-state index contributed by atoms with van der Waals surface area (Å²) in [5.41, 5.74) is 8.88. The first kappa shape index (κ1) is 19.5. The predicted octanol–water partition coefficient (Wildman–Crippen LogP) is 3.67. The Labute approximate surface area is 177 Å². The number of hydrogen-bond acceptors (Lipinski definition) is 7. The first-order valence-electron chi connectivity index (χ1n) is 8.85. The number of fused-ring (bicyclic) bond motifs is 1. The number of nitrogens with one attached hydrogen (secondary N) is 1. The average molecular weight is 425 g/mol. The molecule has 9 heteroatoms. The molecule has 8 nitrogen and oxygen atoms in total. The number of aromatic amines is 1. The number of rotatable bonds is 4. The van der Waals surface area contributed by atoms with Crippen LogP contribution in [0.15, 0.2) is 47.9 Å². The smallest absolute Gasteiger partial charge is 0.244 e. The van der Waals surface area contributed by atoms with Gasteiger partial charge in [0, 0.05) is 5.56 Å². The zero-order valence-corrected chi connectivity index (χ0v) is 16.8. The average Bonchev–Trinajstić information content (AvgIpc) is 3.17. The number of nitrogens with two attached hydrogens (primary N) is 1. The fourth-order valence-electron chi connectivity index (χ4n) is 3.47. The second kappa shape index (κ2) is 7.54. The molecule has 1 aromatic heterocycles. The molecule has 30 heavy (non-hydrogen) atoms. The third-order valence-corrected chi connectivity index (χ3v) is 5.21. The van der Waals surface area contributed by atoms with Crippen molar-refractivity contribution in [3.8, 4) is 40.5 Å². The number of phenols is 1. The number of phenolic OH excluding ortho intramolecular Hbond substituents is 1. The maximum absolute atomic E-state index is 10.1. The van der Waals surface area contributed by atoms with Gasteiger partial charge in [-0.25, -0.2) is 0 Å². The molecule has 2 aromatic carbocycles. The van der Waals surface area contributed by atoms with Gasteiger partial charge >= 0.3 is 0 Å². The van der Waals surface area contributed by atoms with Crippen molar-refractivity contribution >= 4 is 11.6 Å². The minimum Gasteiger partial charge on any atom is -0.503 e. The second-order valence-electron chi connectivity index (χ2n) is 6.52. The van der Waals surface area contributed by atoms with Gasteiger partial charge in [0.05, 0.1) is 36.4 Å². The molecule has 0 bridgehead atoms. The third kappa shape index (κ3) is 3.06. The van der Waals surface area contributed by atoms with Gasteiger partial charge in [0.15, 0.2) is 11.5 Å². The highest BCUT2D eigenvalue weighted by Gasteiger charge is 2.36. The first-order chi connectivity index (χ1) is 14.5. The number of nitrogens with zero attached hydrogens (tertiary/aromatic N) is 2. The highest BCUT2D eigenvalue weighted by atomic mass is 35.5. The molecule has 3 aromatic rings. The Morgan fingerprint density at radius 1 is 1.23 bits per heavy atom. The summed E-state index contributed by atoms with van der Waals surface area (Å²) in [7, 11) is 3.01. The summed E-state index contributed by atoms with van der Waals surface area (Å²) in [4.78, 5) is 0. The molecule has 0 saturated heterocycles. The molecule has 4 rings (SSSR count). The van der Waals surface area contributed by atoms with E-state index >= 15 is 0 Å². The van der Waals surface area contributed by atoms with Crippen molar-refractivity contribution in [1.29, 1.82) is 5.26 Å². The topological polar surface area (TPSA) is 126 Å². The second-order valence-corrected chi connectivity index (χ2v) is 6.93. The summed E-state index contributed by atoms with van der Waals surface area (Å²) in [6, 6.07) is 12.7. The minimum atomic E-state index is -0.637. The number of halogens is 1. The third-order valence-electron chi connectivity index (χ3n) is 4.92. The Morgan fingerprint density at radius 2 is 1.97 bits per heavy atom. The number of H-pyrrole nitrogens is 1. The van der Waals surface area contributed by atoms with Crippen LogP contribution >= 0.6 is 11.6 Å². The lowest BCUT2D eigenvalue weighted by atomic mass is 9.83. The molecule has 0 saturated carbocycles. The van der Waals surface area contributed by atoms with Crippen molar-refractivity contribution in [2.75, 3.05) is 14.2 Å². The van der Waals surface area contributed by atoms with E-state index in [0.29, 0.717) is 22.6 Å². The van der Waals surface area contributed by atoms with Crippen molar-refractivity contribution in [3.63, 3.8) is 0 Å². The highest BCUT2D eigenvalue weighted by Crippen LogP contribution is 2.48. The Balaban J connectivity index is 1.94. The molecule has 0 unspecified atom stereocenters. The highest BCUT2D eigenvalue weighted by molar-refractivity contribution is 6.32. The van der Waals surface area contributed by atoms with Crippen LogP contribution in [0.3, 0.4) is 0 Å². The Hall–Kier alpha value is -3.83. The fourth-order valence-corrected chi connectivity index (χ4v) is 3.69. The van der Waals surface area contributed by atoms with Crippen molar-refractivity contribution in [1.82, 2.24) is 10.2 Å². The standard InChI is InChI=1S/C21H17ClN4O4/c1-28-12-5-3-10(4-6-12)18-17-16(11-7-14(22)19(27)15(8-11)29-2)13(9-23)20(24)30-21(17)26-25-18/h3-8,16,27H,24H2,1-2H3,(H,25,26)/t16-/m0/s1. The van der Waals surface area contributed by atoms with Gasteiger partial charge in [-0.15, -0.1) is 5.10 Å². The van der Waals surface area contributed by atoms with Crippen LogP contribution in [-0.4, -0.2) is 29.5 Å². The van der Waals surface area contributed by atoms with Gasteiger partial charge in [0.1, 0.15) is 17.4 Å². The van der Waals surface area contributed by atoms with Crippen LogP contribution in [0.25, 0.3) is 11.3 Å². The molecule has 4 N–H and O–H groups in total. The van der Waals surface area contributed by atoms with Crippen LogP contribution in [0.5, 0.6) is 23.1 Å². The summed E-state index contributed by atoms with van der Waals surface area (Å²) in [5, 5.41) is 27.2. The summed E-state index contributed by atoms with van der Waals surface area (Å²) in [6.07, 6.45) is 0. The zero-order valence-electron chi connectivity index (χ0n) is 16.1. The molecular weight excluding hydrogens is 408 g/mol. The number of allylic oxidation sites excluding steroid dienone is 1. The van der Waals surface area contributed by atoms with Gasteiger partial charge in [0.2, 0.25) is 11.8 Å². The maximum Gasteiger partial charge on any atom is 0.244 e. The molecule has 0 radical (unpaired) electrons. The van der Waals surface area contributed by atoms with Crippen LogP contribution in [0.2, 0.25) is 5.02 Å². The Kier molecular flexibility index (Phi) is 4.90. The van der Waals surface area contributed by atoms with Gasteiger partial charge in [-0.1, -0.05) is 11.6 Å². The predicted molar refractivity (Wildman–Crippen MR) is 110 cm³/mol. The van der Waals surface area contributed by atoms with E-state index < -0.39 is 5.92 Å². The molecule has 0 aliphatic carbocycles. The molecule has 1 atom stereocenters. The van der Waals surface area contributed by atoms with E-state index in [-0.39, 0.29) is 33.9 Å². The first-order valence-corrected chi connectivity index (χ1v) is 9.23. The molecule has 0 fully saturated rings. The Bertz CT molecular complexity index is 1190. The number of methoxy groups -OCH3 is 2. The lowest BCUT2D eigenvalue weighted by Crippen LogP contribution is -2.21. The van der Waals surface area contributed by atoms with Crippen LogP contribution in [0.1, 0.15) is 17.0 Å². The van der Waals surface area contributed by atoms with Crippen molar-refractivity contribution < 1.29 is 19.3 Å². The number of nitriles is 1. The number of benzene rings is 2. The molecule has 1 aliphatic heterocycles. The summed E-state index contributed by atoms with van der Waals surface area (Å²) >= 11 is 6.21. The number of hydrogen-bond donors (Lipinski definition) is 3. The Morgan fingerprint density at radius 3 is 2.60 bits per heavy atom. The SMILES string of the molecule is COc1ccc(-c2[nH]nc3c2[C@@H](c2cc(Cl)c(O)c(OC)c2)C(C#N)=C(N)O3)cc1. The lowest BCUT2D eigenvalue weighted by molar-refractivity contribution is 0.371.